The third-order valence-corrected chi connectivity index (χ3v) is 3.20. The highest BCUT2D eigenvalue weighted by atomic mass is 35.5. The fraction of sp³-hybridized carbons (Fsp3) is 0.462. The lowest BCUT2D eigenvalue weighted by molar-refractivity contribution is 0.108. The molecule has 0 N–H and O–H groups in total. The third kappa shape index (κ3) is 2.91. The zero-order chi connectivity index (χ0) is 12.3. The first-order valence-electron chi connectivity index (χ1n) is 5.75. The molecule has 0 amide bonds. The number of ether oxygens (including phenoxy) is 2. The van der Waals surface area contributed by atoms with Crippen LogP contribution in [0.4, 0.5) is 0 Å². The van der Waals surface area contributed by atoms with E-state index in [1.54, 1.807) is 25.3 Å². The first-order valence-corrected chi connectivity index (χ1v) is 6.13. The van der Waals surface area contributed by atoms with Gasteiger partial charge in [-0.3, -0.25) is 4.79 Å². The van der Waals surface area contributed by atoms with Crippen molar-refractivity contribution < 1.29 is 14.3 Å². The van der Waals surface area contributed by atoms with Gasteiger partial charge in [0.05, 0.1) is 13.2 Å². The van der Waals surface area contributed by atoms with E-state index in [2.05, 4.69) is 0 Å². The van der Waals surface area contributed by atoms with E-state index in [1.807, 2.05) is 0 Å². The van der Waals surface area contributed by atoms with E-state index in [1.165, 1.54) is 12.8 Å². The minimum absolute atomic E-state index is 0.265. The van der Waals surface area contributed by atoms with Gasteiger partial charge in [0.2, 0.25) is 0 Å². The molecule has 92 valence electrons. The summed E-state index contributed by atoms with van der Waals surface area (Å²) in [5.41, 5.74) is 0.419. The van der Waals surface area contributed by atoms with Crippen molar-refractivity contribution in [3.63, 3.8) is 0 Å². The number of rotatable bonds is 4. The molecule has 1 aliphatic rings. The van der Waals surface area contributed by atoms with Crippen molar-refractivity contribution in [3.05, 3.63) is 23.8 Å². The fourth-order valence-electron chi connectivity index (χ4n) is 2.07. The molecule has 0 aromatic heterocycles. The van der Waals surface area contributed by atoms with Gasteiger partial charge in [-0.05, 0) is 55.5 Å². The molecule has 0 aliphatic heterocycles. The first-order chi connectivity index (χ1) is 8.20. The first kappa shape index (κ1) is 12.2. The molecule has 0 bridgehead atoms. The summed E-state index contributed by atoms with van der Waals surface area (Å²) in [6.07, 6.45) is 4.86. The van der Waals surface area contributed by atoms with Crippen molar-refractivity contribution in [2.24, 2.45) is 0 Å². The van der Waals surface area contributed by atoms with Gasteiger partial charge in [0.25, 0.3) is 5.24 Å². The summed E-state index contributed by atoms with van der Waals surface area (Å²) < 4.78 is 11.1. The Hall–Kier alpha value is -1.22. The van der Waals surface area contributed by atoms with Crippen molar-refractivity contribution in [1.29, 1.82) is 0 Å². The van der Waals surface area contributed by atoms with Gasteiger partial charge in [-0.2, -0.15) is 0 Å². The van der Waals surface area contributed by atoms with Crippen LogP contribution < -0.4 is 9.47 Å². The van der Waals surface area contributed by atoms with Crippen LogP contribution in [0.1, 0.15) is 36.0 Å². The second-order valence-corrected chi connectivity index (χ2v) is 4.51. The summed E-state index contributed by atoms with van der Waals surface area (Å²) in [6, 6.07) is 5.01. The Labute approximate surface area is 106 Å². The van der Waals surface area contributed by atoms with Crippen LogP contribution >= 0.6 is 11.6 Å². The molecule has 0 unspecified atom stereocenters. The molecule has 1 aromatic rings. The van der Waals surface area contributed by atoms with Crippen LogP contribution in [0.25, 0.3) is 0 Å². The van der Waals surface area contributed by atoms with Gasteiger partial charge in [-0.1, -0.05) is 0 Å². The average molecular weight is 255 g/mol. The van der Waals surface area contributed by atoms with E-state index < -0.39 is 5.24 Å². The number of hydrogen-bond acceptors (Lipinski definition) is 3. The monoisotopic (exact) mass is 254 g/mol. The van der Waals surface area contributed by atoms with Crippen LogP contribution in [0.15, 0.2) is 18.2 Å². The highest BCUT2D eigenvalue weighted by molar-refractivity contribution is 6.67. The summed E-state index contributed by atoms with van der Waals surface area (Å²) in [4.78, 5) is 11.0. The summed E-state index contributed by atoms with van der Waals surface area (Å²) in [7, 11) is 1.55. The maximum Gasteiger partial charge on any atom is 0.252 e. The number of benzene rings is 1. The van der Waals surface area contributed by atoms with Crippen molar-refractivity contribution in [1.82, 2.24) is 0 Å². The molecule has 3 nitrogen and oxygen atoms in total. The molecule has 2 rings (SSSR count). The SMILES string of the molecule is COc1cc(C(=O)Cl)ccc1OC1CCCC1. The van der Waals surface area contributed by atoms with Gasteiger partial charge < -0.3 is 9.47 Å². The minimum Gasteiger partial charge on any atom is -0.493 e. The van der Waals surface area contributed by atoms with Crippen LogP contribution in [-0.4, -0.2) is 18.5 Å². The molecule has 0 spiro atoms. The number of hydrogen-bond donors (Lipinski definition) is 0. The van der Waals surface area contributed by atoms with Gasteiger partial charge in [-0.25, -0.2) is 0 Å². The zero-order valence-corrected chi connectivity index (χ0v) is 10.5. The molecule has 1 aliphatic carbocycles. The topological polar surface area (TPSA) is 35.5 Å². The maximum atomic E-state index is 11.0. The Kier molecular flexibility index (Phi) is 3.89. The molecule has 1 saturated carbocycles. The second-order valence-electron chi connectivity index (χ2n) is 4.16. The average Bonchev–Trinajstić information content (AvgIpc) is 2.82. The smallest absolute Gasteiger partial charge is 0.252 e. The molecule has 1 aromatic carbocycles. The van der Waals surface area contributed by atoms with E-state index >= 15 is 0 Å². The van der Waals surface area contributed by atoms with E-state index in [0.717, 1.165) is 12.8 Å². The molecular formula is C13H15ClO3. The second kappa shape index (κ2) is 5.41. The molecule has 0 radical (unpaired) electrons. The molecule has 4 heteroatoms. The van der Waals surface area contributed by atoms with Crippen LogP contribution in [0.5, 0.6) is 11.5 Å². The van der Waals surface area contributed by atoms with E-state index in [9.17, 15) is 4.79 Å². The third-order valence-electron chi connectivity index (χ3n) is 2.99. The van der Waals surface area contributed by atoms with Crippen LogP contribution in [0.3, 0.4) is 0 Å². The van der Waals surface area contributed by atoms with E-state index in [-0.39, 0.29) is 6.10 Å². The quantitative estimate of drug-likeness (QED) is 0.773. The highest BCUT2D eigenvalue weighted by Gasteiger charge is 2.18. The van der Waals surface area contributed by atoms with E-state index in [4.69, 9.17) is 21.1 Å². The number of methoxy groups -OCH3 is 1. The molecular weight excluding hydrogens is 240 g/mol. The van der Waals surface area contributed by atoms with Crippen molar-refractivity contribution in [3.8, 4) is 11.5 Å². The Morgan fingerprint density at radius 1 is 1.29 bits per heavy atom. The number of carbonyl (C=O) groups is 1. The largest absolute Gasteiger partial charge is 0.493 e. The lowest BCUT2D eigenvalue weighted by Gasteiger charge is -2.16. The Morgan fingerprint density at radius 3 is 2.59 bits per heavy atom. The lowest BCUT2D eigenvalue weighted by atomic mass is 10.2. The lowest BCUT2D eigenvalue weighted by Crippen LogP contribution is -2.11. The molecule has 17 heavy (non-hydrogen) atoms. The number of halogens is 1. The van der Waals surface area contributed by atoms with E-state index in [0.29, 0.717) is 17.1 Å². The maximum absolute atomic E-state index is 11.0. The van der Waals surface area contributed by atoms with Crippen molar-refractivity contribution in [2.75, 3.05) is 7.11 Å². The summed E-state index contributed by atoms with van der Waals surface area (Å²) in [6.45, 7) is 0. The predicted molar refractivity (Wildman–Crippen MR) is 66.1 cm³/mol. The van der Waals surface area contributed by atoms with Crippen LogP contribution in [-0.2, 0) is 0 Å². The normalized spacial score (nSPS) is 15.9. The van der Waals surface area contributed by atoms with Gasteiger partial charge in [-0.15, -0.1) is 0 Å². The van der Waals surface area contributed by atoms with Gasteiger partial charge in [0, 0.05) is 5.56 Å². The molecule has 0 heterocycles. The van der Waals surface area contributed by atoms with Gasteiger partial charge >= 0.3 is 0 Å². The minimum atomic E-state index is -0.490. The van der Waals surface area contributed by atoms with Crippen molar-refractivity contribution >= 4 is 16.8 Å². The predicted octanol–water partition coefficient (Wildman–Crippen LogP) is 3.40. The highest BCUT2D eigenvalue weighted by Crippen LogP contribution is 2.32. The number of carbonyl (C=O) groups excluding carboxylic acids is 1. The summed E-state index contributed by atoms with van der Waals surface area (Å²) in [5.74, 6) is 1.24. The Balaban J connectivity index is 2.18. The Morgan fingerprint density at radius 2 is 2.00 bits per heavy atom. The van der Waals surface area contributed by atoms with Gasteiger partial charge in [0.1, 0.15) is 0 Å². The Bertz CT molecular complexity index is 411. The van der Waals surface area contributed by atoms with Crippen LogP contribution in [0.2, 0.25) is 0 Å². The standard InChI is InChI=1S/C13H15ClO3/c1-16-12-8-9(13(14)15)6-7-11(12)17-10-4-2-3-5-10/h6-8,10H,2-5H2,1H3. The summed E-state index contributed by atoms with van der Waals surface area (Å²) in [5, 5.41) is -0.490. The van der Waals surface area contributed by atoms with Crippen LogP contribution in [0, 0.1) is 0 Å². The molecule has 0 atom stereocenters. The summed E-state index contributed by atoms with van der Waals surface area (Å²) >= 11 is 5.42. The van der Waals surface area contributed by atoms with Gasteiger partial charge in [0.15, 0.2) is 11.5 Å². The molecule has 0 saturated heterocycles. The zero-order valence-electron chi connectivity index (χ0n) is 9.74. The fourth-order valence-corrected chi connectivity index (χ4v) is 2.19. The molecule has 1 fully saturated rings. The van der Waals surface area contributed by atoms with Crippen molar-refractivity contribution in [2.45, 2.75) is 31.8 Å².